The van der Waals surface area contributed by atoms with Crippen molar-refractivity contribution in [2.24, 2.45) is 0 Å². The summed E-state index contributed by atoms with van der Waals surface area (Å²) in [5, 5.41) is 8.88. The summed E-state index contributed by atoms with van der Waals surface area (Å²) in [5.74, 6) is -0.472. The molecule has 0 amide bonds. The number of carboxylic acid groups (broad SMARTS) is 1. The van der Waals surface area contributed by atoms with Crippen LogP contribution in [0.2, 0.25) is 0 Å². The number of carbonyl (C=O) groups is 1. The molecule has 0 unspecified atom stereocenters. The molecule has 152 valence electrons. The maximum absolute atomic E-state index is 10.8. The fourth-order valence-electron chi connectivity index (χ4n) is 2.43. The molecule has 0 fully saturated rings. The van der Waals surface area contributed by atoms with Gasteiger partial charge >= 0.3 is 5.97 Å². The molecule has 0 aliphatic rings. The Morgan fingerprint density at radius 3 is 1.96 bits per heavy atom. The summed E-state index contributed by atoms with van der Waals surface area (Å²) in [7, 11) is 1.33. The van der Waals surface area contributed by atoms with Crippen molar-refractivity contribution >= 4 is 12.0 Å². The van der Waals surface area contributed by atoms with E-state index >= 15 is 0 Å². The Morgan fingerprint density at radius 2 is 1.54 bits per heavy atom. The summed E-state index contributed by atoms with van der Waals surface area (Å²) in [6.07, 6.45) is 1.46. The molecule has 0 aliphatic heterocycles. The van der Waals surface area contributed by atoms with Gasteiger partial charge in [-0.25, -0.2) is 4.79 Å². The summed E-state index contributed by atoms with van der Waals surface area (Å²) in [5.41, 5.74) is 1.83. The fraction of sp³-hybridized carbons (Fsp3) is 0.348. The first-order chi connectivity index (χ1) is 13.5. The molecule has 1 N–H and O–H groups in total. The summed E-state index contributed by atoms with van der Waals surface area (Å²) in [6, 6.07) is 17.0. The molecule has 0 radical (unpaired) electrons. The van der Waals surface area contributed by atoms with Crippen LogP contribution in [0.5, 0.6) is 5.75 Å². The van der Waals surface area contributed by atoms with E-state index in [-0.39, 0.29) is 5.76 Å². The summed E-state index contributed by atoms with van der Waals surface area (Å²) < 4.78 is 10.4. The molecule has 0 bridgehead atoms. The molecule has 2 rings (SSSR count). The van der Waals surface area contributed by atoms with Crippen LogP contribution in [0, 0.1) is 0 Å². The van der Waals surface area contributed by atoms with E-state index in [0.29, 0.717) is 6.61 Å². The predicted octanol–water partition coefficient (Wildman–Crippen LogP) is 4.69. The standard InChI is InChI=1S/C17H16O4.C6H15N/c1-20-16(17(18)19)11-13-7-9-15(10-8-13)21-12-14-5-3-2-4-6-14;1-4-7(5-2)6-3/h2-11H,12H2,1H3,(H,18,19);4-6H2,1-3H3. The minimum Gasteiger partial charge on any atom is -0.490 e. The molecule has 2 aromatic carbocycles. The van der Waals surface area contributed by atoms with Crippen molar-refractivity contribution in [2.75, 3.05) is 26.7 Å². The number of carboxylic acids is 1. The second kappa shape index (κ2) is 13.4. The lowest BCUT2D eigenvalue weighted by atomic mass is 10.2. The van der Waals surface area contributed by atoms with Crippen LogP contribution in [0.25, 0.3) is 6.08 Å². The van der Waals surface area contributed by atoms with E-state index in [4.69, 9.17) is 14.6 Å². The van der Waals surface area contributed by atoms with Crippen LogP contribution in [0.3, 0.4) is 0 Å². The van der Waals surface area contributed by atoms with Crippen LogP contribution in [0.4, 0.5) is 0 Å². The first-order valence-electron chi connectivity index (χ1n) is 9.52. The van der Waals surface area contributed by atoms with Gasteiger partial charge < -0.3 is 19.5 Å². The number of methoxy groups -OCH3 is 1. The van der Waals surface area contributed by atoms with Crippen molar-refractivity contribution in [3.8, 4) is 5.75 Å². The molecular formula is C23H31NO4. The molecule has 2 aromatic rings. The average molecular weight is 386 g/mol. The molecule has 5 heteroatoms. The van der Waals surface area contributed by atoms with Gasteiger partial charge in [0.05, 0.1) is 7.11 Å². The maximum atomic E-state index is 10.8. The smallest absolute Gasteiger partial charge is 0.371 e. The topological polar surface area (TPSA) is 59.0 Å². The van der Waals surface area contributed by atoms with Crippen LogP contribution < -0.4 is 4.74 Å². The summed E-state index contributed by atoms with van der Waals surface area (Å²) in [6.45, 7) is 10.6. The molecule has 0 saturated carbocycles. The molecule has 0 atom stereocenters. The number of hydrogen-bond donors (Lipinski definition) is 1. The van der Waals surface area contributed by atoms with E-state index < -0.39 is 5.97 Å². The molecule has 0 aromatic heterocycles. The minimum absolute atomic E-state index is 0.104. The van der Waals surface area contributed by atoms with Gasteiger partial charge in [0, 0.05) is 0 Å². The molecule has 0 heterocycles. The van der Waals surface area contributed by atoms with E-state index in [1.54, 1.807) is 24.3 Å². The van der Waals surface area contributed by atoms with E-state index in [2.05, 4.69) is 25.7 Å². The van der Waals surface area contributed by atoms with Crippen LogP contribution in [0.15, 0.2) is 60.4 Å². The van der Waals surface area contributed by atoms with Crippen molar-refractivity contribution in [2.45, 2.75) is 27.4 Å². The average Bonchev–Trinajstić information content (AvgIpc) is 2.73. The number of hydrogen-bond acceptors (Lipinski definition) is 4. The Kier molecular flexibility index (Phi) is 11.1. The van der Waals surface area contributed by atoms with Crippen LogP contribution in [0.1, 0.15) is 31.9 Å². The zero-order chi connectivity index (χ0) is 20.8. The second-order valence-corrected chi connectivity index (χ2v) is 5.98. The number of aliphatic carboxylic acids is 1. The third-order valence-corrected chi connectivity index (χ3v) is 4.20. The zero-order valence-corrected chi connectivity index (χ0v) is 17.2. The number of nitrogens with zero attached hydrogens (tertiary/aromatic N) is 1. The highest BCUT2D eigenvalue weighted by Gasteiger charge is 2.06. The van der Waals surface area contributed by atoms with Gasteiger partial charge in [0.1, 0.15) is 12.4 Å². The molecule has 5 nitrogen and oxygen atoms in total. The maximum Gasteiger partial charge on any atom is 0.371 e. The van der Waals surface area contributed by atoms with Crippen molar-refractivity contribution in [3.63, 3.8) is 0 Å². The van der Waals surface area contributed by atoms with Gasteiger partial charge in [0.25, 0.3) is 0 Å². The van der Waals surface area contributed by atoms with Gasteiger partial charge in [-0.2, -0.15) is 0 Å². The van der Waals surface area contributed by atoms with Crippen molar-refractivity contribution in [1.29, 1.82) is 0 Å². The van der Waals surface area contributed by atoms with Crippen molar-refractivity contribution in [3.05, 3.63) is 71.5 Å². The Balaban J connectivity index is 0.000000480. The van der Waals surface area contributed by atoms with E-state index in [1.807, 2.05) is 30.3 Å². The lowest BCUT2D eigenvalue weighted by molar-refractivity contribution is -0.135. The molecule has 28 heavy (non-hydrogen) atoms. The van der Waals surface area contributed by atoms with Gasteiger partial charge in [-0.3, -0.25) is 0 Å². The van der Waals surface area contributed by atoms with E-state index in [9.17, 15) is 4.79 Å². The van der Waals surface area contributed by atoms with Gasteiger partial charge in [0.15, 0.2) is 0 Å². The highest BCUT2D eigenvalue weighted by Crippen LogP contribution is 2.16. The lowest BCUT2D eigenvalue weighted by Crippen LogP contribution is -2.21. The minimum atomic E-state index is -1.10. The predicted molar refractivity (Wildman–Crippen MR) is 113 cm³/mol. The largest absolute Gasteiger partial charge is 0.490 e. The van der Waals surface area contributed by atoms with Crippen LogP contribution in [-0.4, -0.2) is 42.7 Å². The lowest BCUT2D eigenvalue weighted by Gasteiger charge is -2.13. The Morgan fingerprint density at radius 1 is 0.964 bits per heavy atom. The molecule has 0 spiro atoms. The highest BCUT2D eigenvalue weighted by molar-refractivity contribution is 5.89. The second-order valence-electron chi connectivity index (χ2n) is 5.98. The van der Waals surface area contributed by atoms with Crippen molar-refractivity contribution < 1.29 is 19.4 Å². The number of rotatable bonds is 9. The SMILES string of the molecule is CCN(CC)CC.COC(=Cc1ccc(OCc2ccccc2)cc1)C(=O)O. The molecule has 0 saturated heterocycles. The number of benzene rings is 2. The molecule has 0 aliphatic carbocycles. The van der Waals surface area contributed by atoms with Crippen LogP contribution in [-0.2, 0) is 16.1 Å². The van der Waals surface area contributed by atoms with Crippen molar-refractivity contribution in [1.82, 2.24) is 4.90 Å². The Bertz CT molecular complexity index is 702. The van der Waals surface area contributed by atoms with Crippen LogP contribution >= 0.6 is 0 Å². The quantitative estimate of drug-likeness (QED) is 0.501. The first kappa shape index (κ1) is 23.2. The first-order valence-corrected chi connectivity index (χ1v) is 9.52. The summed E-state index contributed by atoms with van der Waals surface area (Å²) >= 11 is 0. The van der Waals surface area contributed by atoms with Gasteiger partial charge in [-0.1, -0.05) is 63.2 Å². The third-order valence-electron chi connectivity index (χ3n) is 4.20. The monoisotopic (exact) mass is 385 g/mol. The number of ether oxygens (including phenoxy) is 2. The van der Waals surface area contributed by atoms with Gasteiger partial charge in [-0.05, 0) is 49.0 Å². The fourth-order valence-corrected chi connectivity index (χ4v) is 2.43. The Labute approximate surface area is 168 Å². The van der Waals surface area contributed by atoms with E-state index in [0.717, 1.165) is 16.9 Å². The normalized spacial score (nSPS) is 10.8. The Hall–Kier alpha value is -2.79. The van der Waals surface area contributed by atoms with E-state index in [1.165, 1.54) is 32.8 Å². The molecular weight excluding hydrogens is 354 g/mol. The van der Waals surface area contributed by atoms with Gasteiger partial charge in [0.2, 0.25) is 5.76 Å². The highest BCUT2D eigenvalue weighted by atomic mass is 16.5. The van der Waals surface area contributed by atoms with Gasteiger partial charge in [-0.15, -0.1) is 0 Å². The third kappa shape index (κ3) is 8.73. The summed E-state index contributed by atoms with van der Waals surface area (Å²) in [4.78, 5) is 13.2. The zero-order valence-electron chi connectivity index (χ0n) is 17.2.